The Labute approximate surface area is 313 Å². The lowest BCUT2D eigenvalue weighted by Crippen LogP contribution is -2.16. The molecule has 54 heavy (non-hydrogen) atoms. The predicted molar refractivity (Wildman–Crippen MR) is 224 cm³/mol. The smallest absolute Gasteiger partial charge is 0.227 e. The van der Waals surface area contributed by atoms with Crippen LogP contribution in [-0.2, 0) is 5.41 Å². The van der Waals surface area contributed by atoms with E-state index >= 15 is 0 Å². The van der Waals surface area contributed by atoms with E-state index in [0.717, 1.165) is 39.4 Å². The number of anilines is 3. The Morgan fingerprint density at radius 1 is 0.574 bits per heavy atom. The highest BCUT2D eigenvalue weighted by molar-refractivity contribution is 6.19. The van der Waals surface area contributed by atoms with Gasteiger partial charge in [0.05, 0.1) is 16.7 Å². The minimum Gasteiger partial charge on any atom is -0.436 e. The minimum atomic E-state index is -0.131. The summed E-state index contributed by atoms with van der Waals surface area (Å²) in [4.78, 5) is 7.40. The SMILES string of the molecule is CC1(C)c2ccccc2-c2c(N(c3ccc4c(ccc5c6ccccc6n(-c6ccccc6)c45)c3)c3ccc4oc(-c5ccccc5)nc4c3)cccc21. The van der Waals surface area contributed by atoms with Crippen LogP contribution in [0.15, 0.2) is 180 Å². The zero-order chi connectivity index (χ0) is 36.0. The van der Waals surface area contributed by atoms with Crippen LogP contribution < -0.4 is 4.90 Å². The summed E-state index contributed by atoms with van der Waals surface area (Å²) in [7, 11) is 0. The molecular formula is C50H35N3O. The quantitative estimate of drug-likeness (QED) is 0.180. The maximum absolute atomic E-state index is 6.29. The van der Waals surface area contributed by atoms with Gasteiger partial charge in [-0.2, -0.15) is 0 Å². The first-order valence-electron chi connectivity index (χ1n) is 18.6. The van der Waals surface area contributed by atoms with E-state index in [1.54, 1.807) is 0 Å². The molecule has 0 radical (unpaired) electrons. The van der Waals surface area contributed by atoms with E-state index in [9.17, 15) is 0 Å². The number of benzene rings is 8. The number of rotatable bonds is 5. The first-order valence-corrected chi connectivity index (χ1v) is 18.6. The standard InChI is InChI=1S/C50H35N3O/c1-50(2)41-20-11-9-19-40(41)47-42(50)21-13-23-45(47)52(36-26-29-46-43(31-36)51-49(54-46)32-14-5-3-6-15-32)35-25-28-37-33(30-35)24-27-39-38-18-10-12-22-44(38)53(48(37)39)34-16-7-4-8-17-34/h3-31H,1-2H3. The third kappa shape index (κ3) is 4.47. The average molecular weight is 694 g/mol. The van der Waals surface area contributed by atoms with E-state index < -0.39 is 0 Å². The zero-order valence-corrected chi connectivity index (χ0v) is 30.0. The summed E-state index contributed by atoms with van der Waals surface area (Å²) in [6.45, 7) is 4.68. The first-order chi connectivity index (χ1) is 26.5. The Bertz CT molecular complexity index is 3080. The second kappa shape index (κ2) is 11.5. The summed E-state index contributed by atoms with van der Waals surface area (Å²) in [6.07, 6.45) is 0. The molecule has 4 nitrogen and oxygen atoms in total. The Hall–Kier alpha value is -6.91. The lowest BCUT2D eigenvalue weighted by molar-refractivity contribution is 0.620. The molecule has 0 spiro atoms. The fourth-order valence-corrected chi connectivity index (χ4v) is 8.87. The van der Waals surface area contributed by atoms with E-state index in [-0.39, 0.29) is 5.41 Å². The number of hydrogen-bond donors (Lipinski definition) is 0. The second-order valence-electron chi connectivity index (χ2n) is 14.8. The third-order valence-corrected chi connectivity index (χ3v) is 11.4. The lowest BCUT2D eigenvalue weighted by Gasteiger charge is -2.29. The van der Waals surface area contributed by atoms with E-state index in [0.29, 0.717) is 5.89 Å². The summed E-state index contributed by atoms with van der Waals surface area (Å²) in [5.74, 6) is 0.620. The summed E-state index contributed by atoms with van der Waals surface area (Å²) in [5.41, 5.74) is 14.4. The number of fused-ring (bicyclic) bond motifs is 9. The second-order valence-corrected chi connectivity index (χ2v) is 14.8. The molecule has 2 aromatic heterocycles. The van der Waals surface area contributed by atoms with Crippen molar-refractivity contribution in [2.24, 2.45) is 0 Å². The fourth-order valence-electron chi connectivity index (χ4n) is 8.87. The fraction of sp³-hybridized carbons (Fsp3) is 0.0600. The van der Waals surface area contributed by atoms with Crippen LogP contribution in [0.3, 0.4) is 0 Å². The van der Waals surface area contributed by atoms with Gasteiger partial charge in [0, 0.05) is 49.8 Å². The molecule has 4 heteroatoms. The Kier molecular flexibility index (Phi) is 6.56. The van der Waals surface area contributed by atoms with E-state index in [1.165, 1.54) is 54.8 Å². The van der Waals surface area contributed by atoms with Gasteiger partial charge >= 0.3 is 0 Å². The van der Waals surface area contributed by atoms with Crippen molar-refractivity contribution >= 4 is 60.7 Å². The van der Waals surface area contributed by atoms with E-state index in [1.807, 2.05) is 30.3 Å². The minimum absolute atomic E-state index is 0.131. The van der Waals surface area contributed by atoms with Crippen LogP contribution in [0, 0.1) is 0 Å². The van der Waals surface area contributed by atoms with Gasteiger partial charge in [0.2, 0.25) is 5.89 Å². The molecule has 0 N–H and O–H groups in total. The van der Waals surface area contributed by atoms with Gasteiger partial charge in [0.15, 0.2) is 5.58 Å². The lowest BCUT2D eigenvalue weighted by atomic mass is 9.82. The molecule has 1 aliphatic carbocycles. The molecule has 2 heterocycles. The van der Waals surface area contributed by atoms with Crippen LogP contribution in [0.4, 0.5) is 17.1 Å². The molecule has 8 aromatic carbocycles. The van der Waals surface area contributed by atoms with Crippen molar-refractivity contribution in [3.05, 3.63) is 187 Å². The van der Waals surface area contributed by atoms with Gasteiger partial charge in [-0.15, -0.1) is 0 Å². The molecule has 0 bridgehead atoms. The van der Waals surface area contributed by atoms with Gasteiger partial charge in [-0.05, 0) is 88.8 Å². The highest BCUT2D eigenvalue weighted by Crippen LogP contribution is 2.54. The molecule has 0 amide bonds. The van der Waals surface area contributed by atoms with Crippen LogP contribution in [0.2, 0.25) is 0 Å². The van der Waals surface area contributed by atoms with Gasteiger partial charge in [0.25, 0.3) is 0 Å². The molecule has 10 aromatic rings. The molecule has 11 rings (SSSR count). The van der Waals surface area contributed by atoms with Gasteiger partial charge in [-0.1, -0.05) is 123 Å². The Morgan fingerprint density at radius 3 is 2.15 bits per heavy atom. The van der Waals surface area contributed by atoms with Crippen molar-refractivity contribution in [3.8, 4) is 28.3 Å². The van der Waals surface area contributed by atoms with Gasteiger partial charge < -0.3 is 13.9 Å². The van der Waals surface area contributed by atoms with Gasteiger partial charge in [-0.3, -0.25) is 0 Å². The molecule has 0 fully saturated rings. The van der Waals surface area contributed by atoms with Crippen molar-refractivity contribution in [1.82, 2.24) is 9.55 Å². The zero-order valence-electron chi connectivity index (χ0n) is 30.0. The molecule has 0 aliphatic heterocycles. The molecule has 1 aliphatic rings. The highest BCUT2D eigenvalue weighted by atomic mass is 16.3. The summed E-state index contributed by atoms with van der Waals surface area (Å²) >= 11 is 0. The molecule has 0 saturated carbocycles. The summed E-state index contributed by atoms with van der Waals surface area (Å²) < 4.78 is 8.70. The highest BCUT2D eigenvalue weighted by Gasteiger charge is 2.37. The number of oxazole rings is 1. The topological polar surface area (TPSA) is 34.2 Å². The third-order valence-electron chi connectivity index (χ3n) is 11.4. The maximum atomic E-state index is 6.29. The molecular weight excluding hydrogens is 659 g/mol. The number of aromatic nitrogens is 2. The molecule has 0 unspecified atom stereocenters. The number of nitrogens with zero attached hydrogens (tertiary/aromatic N) is 3. The van der Waals surface area contributed by atoms with E-state index in [4.69, 9.17) is 9.40 Å². The number of hydrogen-bond acceptors (Lipinski definition) is 3. The van der Waals surface area contributed by atoms with Crippen LogP contribution in [0.1, 0.15) is 25.0 Å². The molecule has 0 saturated heterocycles. The van der Waals surface area contributed by atoms with Crippen molar-refractivity contribution < 1.29 is 4.42 Å². The van der Waals surface area contributed by atoms with Gasteiger partial charge in [-0.25, -0.2) is 4.98 Å². The first kappa shape index (κ1) is 30.7. The number of para-hydroxylation sites is 2. The largest absolute Gasteiger partial charge is 0.436 e. The average Bonchev–Trinajstić information content (AvgIpc) is 3.87. The van der Waals surface area contributed by atoms with Gasteiger partial charge in [0.1, 0.15) is 5.52 Å². The normalized spacial score (nSPS) is 13.1. The van der Waals surface area contributed by atoms with Crippen LogP contribution in [0.5, 0.6) is 0 Å². The monoisotopic (exact) mass is 693 g/mol. The van der Waals surface area contributed by atoms with Crippen LogP contribution in [-0.4, -0.2) is 9.55 Å². The van der Waals surface area contributed by atoms with Crippen molar-refractivity contribution in [1.29, 1.82) is 0 Å². The van der Waals surface area contributed by atoms with Crippen LogP contribution in [0.25, 0.3) is 71.9 Å². The molecule has 256 valence electrons. The molecule has 0 atom stereocenters. The summed E-state index contributed by atoms with van der Waals surface area (Å²) in [5, 5.41) is 4.88. The van der Waals surface area contributed by atoms with E-state index in [2.05, 4.69) is 169 Å². The van der Waals surface area contributed by atoms with Crippen molar-refractivity contribution in [2.45, 2.75) is 19.3 Å². The van der Waals surface area contributed by atoms with Crippen molar-refractivity contribution in [2.75, 3.05) is 4.90 Å². The Balaban J connectivity index is 1.16. The summed E-state index contributed by atoms with van der Waals surface area (Å²) in [6, 6.07) is 63.0. The predicted octanol–water partition coefficient (Wildman–Crippen LogP) is 13.5. The Morgan fingerprint density at radius 2 is 1.28 bits per heavy atom. The maximum Gasteiger partial charge on any atom is 0.227 e. The van der Waals surface area contributed by atoms with Crippen LogP contribution >= 0.6 is 0 Å². The van der Waals surface area contributed by atoms with Crippen molar-refractivity contribution in [3.63, 3.8) is 0 Å².